The van der Waals surface area contributed by atoms with Gasteiger partial charge in [-0.1, -0.05) is 46.3 Å². The second-order valence-corrected chi connectivity index (χ2v) is 9.67. The van der Waals surface area contributed by atoms with E-state index in [1.807, 2.05) is 60.0 Å². The van der Waals surface area contributed by atoms with Crippen LogP contribution < -0.4 is 15.6 Å². The number of ether oxygens (including phenoxy) is 1. The number of nitrogens with zero attached hydrogens (tertiary/aromatic N) is 2. The van der Waals surface area contributed by atoms with Gasteiger partial charge in [-0.25, -0.2) is 4.98 Å². The van der Waals surface area contributed by atoms with Gasteiger partial charge in [0, 0.05) is 21.1 Å². The molecule has 3 aromatic carbocycles. The summed E-state index contributed by atoms with van der Waals surface area (Å²) < 4.78 is 8.12. The number of fused-ring (bicyclic) bond motifs is 1. The highest BCUT2D eigenvalue weighted by atomic mass is 79.9. The number of anilines is 1. The van der Waals surface area contributed by atoms with E-state index in [1.54, 1.807) is 31.2 Å². The normalized spacial score (nSPS) is 11.8. The number of hydrogen-bond acceptors (Lipinski definition) is 5. The number of aromatic nitrogens is 2. The Morgan fingerprint density at radius 3 is 2.40 bits per heavy atom. The average Bonchev–Trinajstić information content (AvgIpc) is 3.31. The van der Waals surface area contributed by atoms with Crippen LogP contribution in [0.1, 0.15) is 13.0 Å². The lowest BCUT2D eigenvalue weighted by molar-refractivity contribution is -0.118. The van der Waals surface area contributed by atoms with Crippen molar-refractivity contribution < 1.29 is 9.53 Å². The summed E-state index contributed by atoms with van der Waals surface area (Å²) in [6.07, 6.45) is 1.44. The predicted molar refractivity (Wildman–Crippen MR) is 143 cm³/mol. The molecule has 35 heavy (non-hydrogen) atoms. The SMILES string of the molecule is CC(C(=O)Nc1ccc(Oc2ccccc2)cc1)n1cnc2scc(-c3ccc(Br)cc3)c2c1=O. The van der Waals surface area contributed by atoms with Gasteiger partial charge in [0.1, 0.15) is 22.4 Å². The molecule has 8 heteroatoms. The third-order valence-electron chi connectivity index (χ3n) is 5.57. The van der Waals surface area contributed by atoms with Gasteiger partial charge in [-0.05, 0) is 61.0 Å². The lowest BCUT2D eigenvalue weighted by atomic mass is 10.1. The summed E-state index contributed by atoms with van der Waals surface area (Å²) >= 11 is 4.85. The summed E-state index contributed by atoms with van der Waals surface area (Å²) in [6, 6.07) is 23.6. The van der Waals surface area contributed by atoms with Gasteiger partial charge >= 0.3 is 0 Å². The summed E-state index contributed by atoms with van der Waals surface area (Å²) in [5.41, 5.74) is 2.09. The summed E-state index contributed by atoms with van der Waals surface area (Å²) in [5, 5.41) is 5.31. The van der Waals surface area contributed by atoms with Crippen molar-refractivity contribution >= 4 is 49.1 Å². The number of amides is 1. The van der Waals surface area contributed by atoms with E-state index >= 15 is 0 Å². The number of benzene rings is 3. The summed E-state index contributed by atoms with van der Waals surface area (Å²) in [7, 11) is 0. The number of nitrogens with one attached hydrogen (secondary N) is 1. The van der Waals surface area contributed by atoms with E-state index in [0.29, 0.717) is 21.7 Å². The maximum atomic E-state index is 13.4. The van der Waals surface area contributed by atoms with Crippen molar-refractivity contribution in [2.24, 2.45) is 0 Å². The fourth-order valence-corrected chi connectivity index (χ4v) is 4.84. The largest absolute Gasteiger partial charge is 0.457 e. The number of halogens is 1. The van der Waals surface area contributed by atoms with Gasteiger partial charge in [-0.15, -0.1) is 11.3 Å². The van der Waals surface area contributed by atoms with Crippen molar-refractivity contribution in [3.05, 3.63) is 105 Å². The van der Waals surface area contributed by atoms with Gasteiger partial charge in [0.2, 0.25) is 5.91 Å². The van der Waals surface area contributed by atoms with Gasteiger partial charge < -0.3 is 10.1 Å². The van der Waals surface area contributed by atoms with Gasteiger partial charge in [0.05, 0.1) is 11.7 Å². The molecule has 0 fully saturated rings. The lowest BCUT2D eigenvalue weighted by Crippen LogP contribution is -2.31. The molecule has 5 rings (SSSR count). The fraction of sp³-hybridized carbons (Fsp3) is 0.0741. The maximum Gasteiger partial charge on any atom is 0.263 e. The molecule has 0 bridgehead atoms. The third-order valence-corrected chi connectivity index (χ3v) is 6.99. The predicted octanol–water partition coefficient (Wildman–Crippen LogP) is 6.88. The Bertz CT molecular complexity index is 1550. The molecule has 5 aromatic rings. The summed E-state index contributed by atoms with van der Waals surface area (Å²) in [5.74, 6) is 1.08. The van der Waals surface area contributed by atoms with Crippen molar-refractivity contribution in [2.45, 2.75) is 13.0 Å². The Morgan fingerprint density at radius 2 is 1.69 bits per heavy atom. The van der Waals surface area contributed by atoms with Gasteiger partial charge in [0.15, 0.2) is 0 Å². The van der Waals surface area contributed by atoms with Gasteiger partial charge in [0.25, 0.3) is 5.56 Å². The third kappa shape index (κ3) is 4.89. The van der Waals surface area contributed by atoms with E-state index in [-0.39, 0.29) is 11.5 Å². The summed E-state index contributed by atoms with van der Waals surface area (Å²) in [4.78, 5) is 31.5. The first-order valence-electron chi connectivity index (χ1n) is 10.9. The molecule has 1 unspecified atom stereocenters. The quantitative estimate of drug-likeness (QED) is 0.252. The number of carbonyl (C=O) groups is 1. The van der Waals surface area contributed by atoms with E-state index in [9.17, 15) is 9.59 Å². The van der Waals surface area contributed by atoms with E-state index in [0.717, 1.165) is 21.3 Å². The fourth-order valence-electron chi connectivity index (χ4n) is 3.67. The Hall–Kier alpha value is -3.75. The number of hydrogen-bond donors (Lipinski definition) is 1. The summed E-state index contributed by atoms with van der Waals surface area (Å²) in [6.45, 7) is 1.68. The van der Waals surface area contributed by atoms with E-state index in [2.05, 4.69) is 26.2 Å². The molecular formula is C27H20BrN3O3S. The second kappa shape index (κ2) is 9.85. The monoisotopic (exact) mass is 545 g/mol. The number of carbonyl (C=O) groups excluding carboxylic acids is 1. The van der Waals surface area contributed by atoms with E-state index in [1.165, 1.54) is 22.2 Å². The van der Waals surface area contributed by atoms with Crippen LogP contribution >= 0.6 is 27.3 Å². The molecule has 2 aromatic heterocycles. The van der Waals surface area contributed by atoms with E-state index in [4.69, 9.17) is 4.74 Å². The Balaban J connectivity index is 1.36. The number of rotatable bonds is 6. The molecule has 0 spiro atoms. The van der Waals surface area contributed by atoms with Crippen molar-refractivity contribution in [3.8, 4) is 22.6 Å². The van der Waals surface area contributed by atoms with Crippen LogP contribution in [0.2, 0.25) is 0 Å². The Labute approximate surface area is 214 Å². The van der Waals surface area contributed by atoms with Crippen molar-refractivity contribution in [1.29, 1.82) is 0 Å². The van der Waals surface area contributed by atoms with Crippen molar-refractivity contribution in [2.75, 3.05) is 5.32 Å². The zero-order valence-electron chi connectivity index (χ0n) is 18.6. The topological polar surface area (TPSA) is 73.2 Å². The molecular weight excluding hydrogens is 526 g/mol. The van der Waals surface area contributed by atoms with Crippen LogP contribution in [0.15, 0.2) is 99.8 Å². The van der Waals surface area contributed by atoms with Crippen LogP contribution in [0, 0.1) is 0 Å². The highest BCUT2D eigenvalue weighted by Crippen LogP contribution is 2.31. The highest BCUT2D eigenvalue weighted by Gasteiger charge is 2.20. The maximum absolute atomic E-state index is 13.4. The Kier molecular flexibility index (Phi) is 6.48. The van der Waals surface area contributed by atoms with Crippen LogP contribution in [0.5, 0.6) is 11.5 Å². The minimum atomic E-state index is -0.752. The lowest BCUT2D eigenvalue weighted by Gasteiger charge is -2.15. The molecule has 0 radical (unpaired) electrons. The number of para-hydroxylation sites is 1. The molecule has 2 heterocycles. The minimum absolute atomic E-state index is 0.247. The average molecular weight is 546 g/mol. The molecule has 174 valence electrons. The molecule has 0 aliphatic heterocycles. The molecule has 0 saturated heterocycles. The van der Waals surface area contributed by atoms with Crippen LogP contribution in [0.25, 0.3) is 21.3 Å². The van der Waals surface area contributed by atoms with Crippen LogP contribution in [-0.2, 0) is 4.79 Å². The zero-order valence-corrected chi connectivity index (χ0v) is 21.0. The van der Waals surface area contributed by atoms with Crippen LogP contribution in [0.4, 0.5) is 5.69 Å². The van der Waals surface area contributed by atoms with Gasteiger partial charge in [-0.2, -0.15) is 0 Å². The molecule has 1 amide bonds. The van der Waals surface area contributed by atoms with Crippen molar-refractivity contribution in [3.63, 3.8) is 0 Å². The molecule has 0 saturated carbocycles. The van der Waals surface area contributed by atoms with Crippen LogP contribution in [0.3, 0.4) is 0 Å². The number of thiophene rings is 1. The zero-order chi connectivity index (χ0) is 24.4. The Morgan fingerprint density at radius 1 is 1.00 bits per heavy atom. The van der Waals surface area contributed by atoms with E-state index < -0.39 is 6.04 Å². The molecule has 1 atom stereocenters. The first-order valence-corrected chi connectivity index (χ1v) is 12.5. The van der Waals surface area contributed by atoms with Crippen molar-refractivity contribution in [1.82, 2.24) is 9.55 Å². The molecule has 0 aliphatic rings. The van der Waals surface area contributed by atoms with Gasteiger partial charge in [-0.3, -0.25) is 14.2 Å². The molecule has 0 aliphatic carbocycles. The molecule has 1 N–H and O–H groups in total. The first kappa shape index (κ1) is 23.0. The minimum Gasteiger partial charge on any atom is -0.457 e. The first-order chi connectivity index (χ1) is 17.0. The highest BCUT2D eigenvalue weighted by molar-refractivity contribution is 9.10. The molecule has 6 nitrogen and oxygen atoms in total. The standard InChI is InChI=1S/C27H20BrN3O3S/c1-17(25(32)30-20-11-13-22(14-12-20)34-21-5-3-2-4-6-21)31-16-29-26-24(27(31)33)23(15-35-26)18-7-9-19(28)10-8-18/h2-17H,1H3,(H,30,32). The smallest absolute Gasteiger partial charge is 0.263 e. The van der Waals surface area contributed by atoms with Crippen LogP contribution in [-0.4, -0.2) is 15.5 Å². The second-order valence-electron chi connectivity index (χ2n) is 7.90.